The molecule has 0 atom stereocenters. The fraction of sp³-hybridized carbons (Fsp3) is 0.100. The van der Waals surface area contributed by atoms with Crippen LogP contribution in [0.1, 0.15) is 11.5 Å². The zero-order valence-electron chi connectivity index (χ0n) is 16.3. The van der Waals surface area contributed by atoms with E-state index in [-0.39, 0.29) is 21.6 Å². The summed E-state index contributed by atoms with van der Waals surface area (Å²) in [5, 5.41) is 5.37. The third-order valence-corrected chi connectivity index (χ3v) is 5.77. The van der Waals surface area contributed by atoms with Gasteiger partial charge in [-0.3, -0.25) is 10.1 Å². The molecule has 9 nitrogen and oxygen atoms in total. The number of benzene rings is 1. The summed E-state index contributed by atoms with van der Waals surface area (Å²) in [6.45, 7) is 0. The molecule has 0 fully saturated rings. The molecule has 1 amide bonds. The molecule has 0 bridgehead atoms. The zero-order valence-corrected chi connectivity index (χ0v) is 17.9. The van der Waals surface area contributed by atoms with Crippen LogP contribution < -0.4 is 15.4 Å². The number of rotatable bonds is 7. The van der Waals surface area contributed by atoms with Gasteiger partial charge in [0.05, 0.1) is 29.7 Å². The van der Waals surface area contributed by atoms with Crippen LogP contribution in [0.3, 0.4) is 0 Å². The van der Waals surface area contributed by atoms with E-state index in [0.717, 1.165) is 0 Å². The van der Waals surface area contributed by atoms with Crippen LogP contribution in [0.4, 0.5) is 5.69 Å². The Labute approximate surface area is 184 Å². The molecule has 1 aromatic carbocycles. The normalized spacial score (nSPS) is 11.3. The minimum atomic E-state index is -3.63. The maximum atomic E-state index is 12.6. The quantitative estimate of drug-likeness (QED) is 0.406. The lowest BCUT2D eigenvalue weighted by Gasteiger charge is -2.09. The number of carbonyl (C=O) groups excluding carboxylic acids is 1. The van der Waals surface area contributed by atoms with Crippen LogP contribution in [-0.2, 0) is 20.4 Å². The molecule has 0 saturated carbocycles. The minimum absolute atomic E-state index is 0.0674. The Kier molecular flexibility index (Phi) is 7.11. The minimum Gasteiger partial charge on any atom is -0.481 e. The fourth-order valence-corrected chi connectivity index (χ4v) is 3.93. The van der Waals surface area contributed by atoms with Crippen molar-refractivity contribution in [1.29, 1.82) is 0 Å². The number of furan rings is 1. The van der Waals surface area contributed by atoms with Crippen LogP contribution in [-0.4, -0.2) is 36.5 Å². The van der Waals surface area contributed by atoms with Gasteiger partial charge in [0.15, 0.2) is 14.9 Å². The molecule has 2 heterocycles. The highest BCUT2D eigenvalue weighted by Crippen LogP contribution is 2.19. The van der Waals surface area contributed by atoms with Crippen molar-refractivity contribution >= 4 is 44.8 Å². The molecule has 0 saturated heterocycles. The second-order valence-electron chi connectivity index (χ2n) is 6.13. The molecule has 3 aromatic rings. The van der Waals surface area contributed by atoms with Gasteiger partial charge in [0.1, 0.15) is 12.1 Å². The standard InChI is InChI=1S/C20H18N4O5S2/c1-28-19-11-15(21-13-22-19)12-31(26,27)17-7-4-14(5-8-17)23-20(30)24-18(25)9-6-16-3-2-10-29-16/h2-11,13H,12H2,1H3,(H2,23,24,25,30)/b9-6+. The Morgan fingerprint density at radius 2 is 2.00 bits per heavy atom. The number of thiocarbonyl (C=S) groups is 1. The molecule has 0 spiro atoms. The Bertz CT molecular complexity index is 1190. The molecule has 0 aliphatic carbocycles. The summed E-state index contributed by atoms with van der Waals surface area (Å²) in [5.41, 5.74) is 0.837. The van der Waals surface area contributed by atoms with E-state index in [1.54, 1.807) is 24.3 Å². The summed E-state index contributed by atoms with van der Waals surface area (Å²) in [5.74, 6) is 0.0868. The second kappa shape index (κ2) is 9.96. The van der Waals surface area contributed by atoms with Crippen molar-refractivity contribution in [3.63, 3.8) is 0 Å². The highest BCUT2D eigenvalue weighted by atomic mass is 32.2. The van der Waals surface area contributed by atoms with Gasteiger partial charge < -0.3 is 14.5 Å². The maximum Gasteiger partial charge on any atom is 0.250 e. The lowest BCUT2D eigenvalue weighted by molar-refractivity contribution is -0.115. The van der Waals surface area contributed by atoms with Gasteiger partial charge in [-0.2, -0.15) is 0 Å². The van der Waals surface area contributed by atoms with E-state index in [0.29, 0.717) is 17.1 Å². The molecule has 0 radical (unpaired) electrons. The number of ether oxygens (including phenoxy) is 1. The Hall–Kier alpha value is -3.57. The third-order valence-electron chi connectivity index (χ3n) is 3.90. The Balaban J connectivity index is 1.58. The van der Waals surface area contributed by atoms with Crippen molar-refractivity contribution in [2.75, 3.05) is 12.4 Å². The number of sulfone groups is 1. The van der Waals surface area contributed by atoms with Gasteiger partial charge in [0, 0.05) is 17.8 Å². The largest absolute Gasteiger partial charge is 0.481 e. The van der Waals surface area contributed by atoms with Gasteiger partial charge in [-0.05, 0) is 54.7 Å². The van der Waals surface area contributed by atoms with Crippen LogP contribution in [0.15, 0.2) is 70.4 Å². The lowest BCUT2D eigenvalue weighted by Crippen LogP contribution is -2.32. The van der Waals surface area contributed by atoms with E-state index in [1.165, 1.54) is 50.1 Å². The van der Waals surface area contributed by atoms with E-state index in [2.05, 4.69) is 20.6 Å². The van der Waals surface area contributed by atoms with Crippen molar-refractivity contribution in [2.24, 2.45) is 0 Å². The summed E-state index contributed by atoms with van der Waals surface area (Å²) in [4.78, 5) is 19.8. The van der Waals surface area contributed by atoms with Crippen LogP contribution >= 0.6 is 12.2 Å². The highest BCUT2D eigenvalue weighted by molar-refractivity contribution is 7.90. The van der Waals surface area contributed by atoms with Gasteiger partial charge in [-0.25, -0.2) is 18.4 Å². The second-order valence-corrected chi connectivity index (χ2v) is 8.53. The molecule has 3 rings (SSSR count). The van der Waals surface area contributed by atoms with Crippen molar-refractivity contribution in [3.8, 4) is 5.88 Å². The lowest BCUT2D eigenvalue weighted by atomic mass is 10.3. The molecular formula is C20H18N4O5S2. The monoisotopic (exact) mass is 458 g/mol. The number of methoxy groups -OCH3 is 1. The summed E-state index contributed by atoms with van der Waals surface area (Å²) in [6, 6.07) is 10.9. The van der Waals surface area contributed by atoms with Gasteiger partial charge in [-0.1, -0.05) is 0 Å². The van der Waals surface area contributed by atoms with Gasteiger partial charge in [0.2, 0.25) is 11.8 Å². The first-order valence-electron chi connectivity index (χ1n) is 8.87. The van der Waals surface area contributed by atoms with Crippen LogP contribution in [0.2, 0.25) is 0 Å². The summed E-state index contributed by atoms with van der Waals surface area (Å²) in [7, 11) is -2.19. The number of amides is 1. The first-order chi connectivity index (χ1) is 14.9. The topological polar surface area (TPSA) is 123 Å². The van der Waals surface area contributed by atoms with Crippen LogP contribution in [0.25, 0.3) is 6.08 Å². The summed E-state index contributed by atoms with van der Waals surface area (Å²) < 4.78 is 35.3. The molecule has 0 aliphatic heterocycles. The molecule has 11 heteroatoms. The first kappa shape index (κ1) is 22.1. The van der Waals surface area contributed by atoms with E-state index in [1.807, 2.05) is 0 Å². The molecule has 2 N–H and O–H groups in total. The van der Waals surface area contributed by atoms with E-state index >= 15 is 0 Å². The number of nitrogens with one attached hydrogen (secondary N) is 2. The van der Waals surface area contributed by atoms with Crippen molar-refractivity contribution < 1.29 is 22.4 Å². The first-order valence-corrected chi connectivity index (χ1v) is 10.9. The van der Waals surface area contributed by atoms with Crippen molar-refractivity contribution in [1.82, 2.24) is 15.3 Å². The van der Waals surface area contributed by atoms with E-state index in [4.69, 9.17) is 21.4 Å². The fourth-order valence-electron chi connectivity index (χ4n) is 2.45. The summed E-state index contributed by atoms with van der Waals surface area (Å²) >= 11 is 5.10. The number of anilines is 1. The van der Waals surface area contributed by atoms with Crippen molar-refractivity contribution in [3.05, 3.63) is 72.6 Å². The number of hydrogen-bond acceptors (Lipinski definition) is 8. The molecule has 0 aliphatic rings. The average Bonchev–Trinajstić information content (AvgIpc) is 3.26. The number of hydrogen-bond donors (Lipinski definition) is 2. The Morgan fingerprint density at radius 3 is 2.68 bits per heavy atom. The SMILES string of the molecule is COc1cc(CS(=O)(=O)c2ccc(NC(=S)NC(=O)/C=C/c3ccco3)cc2)ncn1. The van der Waals surface area contributed by atoms with Gasteiger partial charge >= 0.3 is 0 Å². The highest BCUT2D eigenvalue weighted by Gasteiger charge is 2.17. The molecule has 2 aromatic heterocycles. The maximum absolute atomic E-state index is 12.6. The van der Waals surface area contributed by atoms with Crippen LogP contribution in [0, 0.1) is 0 Å². The van der Waals surface area contributed by atoms with E-state index in [9.17, 15) is 13.2 Å². The smallest absolute Gasteiger partial charge is 0.250 e. The molecule has 31 heavy (non-hydrogen) atoms. The summed E-state index contributed by atoms with van der Waals surface area (Å²) in [6.07, 6.45) is 5.53. The predicted molar refractivity (Wildman–Crippen MR) is 118 cm³/mol. The van der Waals surface area contributed by atoms with Gasteiger partial charge in [0.25, 0.3) is 0 Å². The number of carbonyl (C=O) groups is 1. The third kappa shape index (κ3) is 6.46. The van der Waals surface area contributed by atoms with Crippen molar-refractivity contribution in [2.45, 2.75) is 10.6 Å². The van der Waals surface area contributed by atoms with Crippen LogP contribution in [0.5, 0.6) is 5.88 Å². The average molecular weight is 459 g/mol. The number of nitrogens with zero attached hydrogens (tertiary/aromatic N) is 2. The predicted octanol–water partition coefficient (Wildman–Crippen LogP) is 2.58. The molecule has 0 unspecified atom stereocenters. The zero-order chi connectivity index (χ0) is 22.3. The molecule has 160 valence electrons. The number of aromatic nitrogens is 2. The van der Waals surface area contributed by atoms with Gasteiger partial charge in [-0.15, -0.1) is 0 Å². The Morgan fingerprint density at radius 1 is 1.23 bits per heavy atom. The molecular weight excluding hydrogens is 440 g/mol. The van der Waals surface area contributed by atoms with E-state index < -0.39 is 15.7 Å².